The Morgan fingerprint density at radius 2 is 2.13 bits per heavy atom. The number of benzene rings is 1. The fourth-order valence-electron chi connectivity index (χ4n) is 4.05. The van der Waals surface area contributed by atoms with E-state index < -0.39 is 17.5 Å². The van der Waals surface area contributed by atoms with Crippen LogP contribution in [-0.2, 0) is 9.53 Å². The molecule has 7 heteroatoms. The predicted octanol–water partition coefficient (Wildman–Crippen LogP) is 4.21. The number of nitrogens with zero attached hydrogens (tertiary/aromatic N) is 2. The molecule has 0 saturated carbocycles. The van der Waals surface area contributed by atoms with E-state index in [4.69, 9.17) is 14.2 Å². The predicted molar refractivity (Wildman–Crippen MR) is 115 cm³/mol. The lowest BCUT2D eigenvalue weighted by atomic mass is 9.79. The van der Waals surface area contributed by atoms with E-state index in [0.29, 0.717) is 35.1 Å². The van der Waals surface area contributed by atoms with Gasteiger partial charge >= 0.3 is 5.97 Å². The first-order chi connectivity index (χ1) is 14.8. The SMILES string of the molecule is CCOc1ncc(C)c2c1C1C(=C(C)N2)C(=O)OC(C)(C)COc2cc(C#N)ccc21. The van der Waals surface area contributed by atoms with E-state index in [9.17, 15) is 10.1 Å². The zero-order valence-electron chi connectivity index (χ0n) is 18.3. The number of allylic oxidation sites excluding steroid dienone is 1. The van der Waals surface area contributed by atoms with Gasteiger partial charge in [-0.25, -0.2) is 9.78 Å². The minimum absolute atomic E-state index is 0.157. The molecule has 1 aromatic heterocycles. The molecule has 0 fully saturated rings. The van der Waals surface area contributed by atoms with Crippen molar-refractivity contribution in [3.8, 4) is 17.7 Å². The van der Waals surface area contributed by atoms with Gasteiger partial charge < -0.3 is 19.5 Å². The summed E-state index contributed by atoms with van der Waals surface area (Å²) in [5.41, 5.74) is 4.11. The molecule has 1 aromatic carbocycles. The highest BCUT2D eigenvalue weighted by Gasteiger charge is 2.41. The maximum absolute atomic E-state index is 13.4. The lowest BCUT2D eigenvalue weighted by molar-refractivity contribution is -0.154. The smallest absolute Gasteiger partial charge is 0.337 e. The van der Waals surface area contributed by atoms with Gasteiger partial charge in [-0.2, -0.15) is 5.26 Å². The molecule has 2 aliphatic rings. The molecule has 4 rings (SSSR count). The molecule has 160 valence electrons. The van der Waals surface area contributed by atoms with E-state index in [-0.39, 0.29) is 6.61 Å². The van der Waals surface area contributed by atoms with Crippen molar-refractivity contribution in [2.45, 2.75) is 46.1 Å². The van der Waals surface area contributed by atoms with Gasteiger partial charge in [0.1, 0.15) is 18.0 Å². The average Bonchev–Trinajstić information content (AvgIpc) is 2.76. The Bertz CT molecular complexity index is 1140. The van der Waals surface area contributed by atoms with Crippen LogP contribution in [0, 0.1) is 18.3 Å². The molecule has 2 aromatic rings. The highest BCUT2D eigenvalue weighted by Crippen LogP contribution is 2.50. The summed E-state index contributed by atoms with van der Waals surface area (Å²) < 4.78 is 17.8. The second-order valence-corrected chi connectivity index (χ2v) is 8.37. The Kier molecular flexibility index (Phi) is 5.10. The molecule has 0 amide bonds. The van der Waals surface area contributed by atoms with E-state index in [1.165, 1.54) is 0 Å². The van der Waals surface area contributed by atoms with E-state index >= 15 is 0 Å². The van der Waals surface area contributed by atoms with Crippen molar-refractivity contribution in [2.24, 2.45) is 0 Å². The third kappa shape index (κ3) is 3.59. The second kappa shape index (κ2) is 7.62. The van der Waals surface area contributed by atoms with Gasteiger partial charge in [-0.1, -0.05) is 6.07 Å². The fraction of sp³-hybridized carbons (Fsp3) is 0.375. The number of carbonyl (C=O) groups excluding carboxylic acids is 1. The summed E-state index contributed by atoms with van der Waals surface area (Å²) in [6.45, 7) is 9.91. The van der Waals surface area contributed by atoms with Gasteiger partial charge in [-0.15, -0.1) is 0 Å². The number of esters is 1. The first kappa shape index (κ1) is 20.7. The zero-order chi connectivity index (χ0) is 22.3. The first-order valence-corrected chi connectivity index (χ1v) is 10.3. The number of hydrogen-bond donors (Lipinski definition) is 1. The number of carbonyl (C=O) groups is 1. The summed E-state index contributed by atoms with van der Waals surface area (Å²) in [6, 6.07) is 7.44. The highest BCUT2D eigenvalue weighted by molar-refractivity contribution is 5.96. The molecule has 31 heavy (non-hydrogen) atoms. The van der Waals surface area contributed by atoms with Crippen LogP contribution in [-0.4, -0.2) is 29.8 Å². The molecule has 7 nitrogen and oxygen atoms in total. The van der Waals surface area contributed by atoms with Crippen LogP contribution in [0.5, 0.6) is 11.6 Å². The monoisotopic (exact) mass is 419 g/mol. The number of aryl methyl sites for hydroxylation is 1. The zero-order valence-corrected chi connectivity index (χ0v) is 18.3. The van der Waals surface area contributed by atoms with Crippen LogP contribution < -0.4 is 14.8 Å². The Balaban J connectivity index is 2.06. The number of hydrogen-bond acceptors (Lipinski definition) is 7. The number of aromatic nitrogens is 1. The van der Waals surface area contributed by atoms with Crippen LogP contribution >= 0.6 is 0 Å². The number of ether oxygens (including phenoxy) is 3. The van der Waals surface area contributed by atoms with E-state index in [1.54, 1.807) is 32.2 Å². The van der Waals surface area contributed by atoms with Gasteiger partial charge in [-0.05, 0) is 52.3 Å². The summed E-state index contributed by atoms with van der Waals surface area (Å²) in [6.07, 6.45) is 1.75. The summed E-state index contributed by atoms with van der Waals surface area (Å²) in [4.78, 5) is 17.9. The standard InChI is InChI=1S/C24H25N3O4/c1-6-29-22-20-19-16-8-7-15(10-25)9-17(16)30-12-24(4,5)31-23(28)18(19)14(3)27-21(20)13(2)11-26-22/h7-9,11,19,27H,6,12H2,1-5H3. The molecular formula is C24H25N3O4. The van der Waals surface area contributed by atoms with Crippen molar-refractivity contribution in [3.05, 3.63) is 57.9 Å². The summed E-state index contributed by atoms with van der Waals surface area (Å²) >= 11 is 0. The van der Waals surface area contributed by atoms with Gasteiger partial charge in [-0.3, -0.25) is 0 Å². The van der Waals surface area contributed by atoms with Crippen LogP contribution in [0.2, 0.25) is 0 Å². The molecule has 2 aliphatic heterocycles. The van der Waals surface area contributed by atoms with Crippen LogP contribution in [0.4, 0.5) is 5.69 Å². The number of fused-ring (bicyclic) bond motifs is 5. The maximum atomic E-state index is 13.4. The highest BCUT2D eigenvalue weighted by atomic mass is 16.6. The molecule has 1 N–H and O–H groups in total. The number of nitrogens with one attached hydrogen (secondary N) is 1. The Morgan fingerprint density at radius 3 is 2.84 bits per heavy atom. The lowest BCUT2D eigenvalue weighted by Gasteiger charge is -2.32. The van der Waals surface area contributed by atoms with Crippen LogP contribution in [0.25, 0.3) is 0 Å². The molecule has 0 bridgehead atoms. The van der Waals surface area contributed by atoms with E-state index in [1.807, 2.05) is 26.8 Å². The minimum Gasteiger partial charge on any atom is -0.489 e. The molecule has 3 heterocycles. The van der Waals surface area contributed by atoms with Gasteiger partial charge in [0.05, 0.1) is 41.0 Å². The molecule has 0 aliphatic carbocycles. The van der Waals surface area contributed by atoms with Gasteiger partial charge in [0, 0.05) is 17.5 Å². The van der Waals surface area contributed by atoms with Crippen molar-refractivity contribution < 1.29 is 19.0 Å². The molecular weight excluding hydrogens is 394 g/mol. The molecule has 1 atom stereocenters. The normalized spacial score (nSPS) is 19.1. The van der Waals surface area contributed by atoms with Gasteiger partial charge in [0.25, 0.3) is 0 Å². The number of anilines is 1. The van der Waals surface area contributed by atoms with Gasteiger partial charge in [0.15, 0.2) is 0 Å². The topological polar surface area (TPSA) is 93.5 Å². The molecule has 0 radical (unpaired) electrons. The fourth-order valence-corrected chi connectivity index (χ4v) is 4.05. The van der Waals surface area contributed by atoms with Crippen molar-refractivity contribution >= 4 is 11.7 Å². The van der Waals surface area contributed by atoms with Gasteiger partial charge in [0.2, 0.25) is 5.88 Å². The first-order valence-electron chi connectivity index (χ1n) is 10.3. The molecule has 0 saturated heterocycles. The maximum Gasteiger partial charge on any atom is 0.337 e. The largest absolute Gasteiger partial charge is 0.489 e. The summed E-state index contributed by atoms with van der Waals surface area (Å²) in [5.74, 6) is 0.0505. The van der Waals surface area contributed by atoms with Crippen molar-refractivity contribution in [3.63, 3.8) is 0 Å². The van der Waals surface area contributed by atoms with Crippen LogP contribution in [0.15, 0.2) is 35.7 Å². The van der Waals surface area contributed by atoms with Crippen molar-refractivity contribution in [1.82, 2.24) is 4.98 Å². The number of cyclic esters (lactones) is 1. The Hall–Kier alpha value is -3.53. The summed E-state index contributed by atoms with van der Waals surface area (Å²) in [7, 11) is 0. The van der Waals surface area contributed by atoms with E-state index in [0.717, 1.165) is 22.4 Å². The van der Waals surface area contributed by atoms with Crippen LogP contribution in [0.3, 0.4) is 0 Å². The third-order valence-electron chi connectivity index (χ3n) is 5.46. The third-order valence-corrected chi connectivity index (χ3v) is 5.46. The van der Waals surface area contributed by atoms with Crippen molar-refractivity contribution in [2.75, 3.05) is 18.5 Å². The van der Waals surface area contributed by atoms with Crippen molar-refractivity contribution in [1.29, 1.82) is 5.26 Å². The van der Waals surface area contributed by atoms with Crippen LogP contribution in [0.1, 0.15) is 55.9 Å². The Labute approximate surface area is 181 Å². The summed E-state index contributed by atoms with van der Waals surface area (Å²) in [5, 5.41) is 12.8. The quantitative estimate of drug-likeness (QED) is 0.729. The number of rotatable bonds is 2. The lowest BCUT2D eigenvalue weighted by Crippen LogP contribution is -2.36. The molecule has 1 unspecified atom stereocenters. The number of pyridine rings is 1. The average molecular weight is 419 g/mol. The second-order valence-electron chi connectivity index (χ2n) is 8.37. The minimum atomic E-state index is -0.854. The number of nitriles is 1. The molecule has 0 spiro atoms. The Morgan fingerprint density at radius 1 is 1.35 bits per heavy atom. The van der Waals surface area contributed by atoms with E-state index in [2.05, 4.69) is 16.4 Å².